The van der Waals surface area contributed by atoms with Crippen molar-refractivity contribution in [1.82, 2.24) is 20.1 Å². The number of carbonyl (C=O) groups excluding carboxylic acids is 1. The molecule has 1 aliphatic heterocycles. The van der Waals surface area contributed by atoms with Crippen molar-refractivity contribution < 1.29 is 22.4 Å². The first-order valence-corrected chi connectivity index (χ1v) is 12.2. The van der Waals surface area contributed by atoms with Gasteiger partial charge >= 0.3 is 6.43 Å². The van der Waals surface area contributed by atoms with Gasteiger partial charge in [-0.1, -0.05) is 13.8 Å². The molecular formula is C24H30BrF3N6O2. The molecule has 2 aromatic heterocycles. The SMILES string of the molecule is CC.CN(Cc1ccc(-c2nnc(C(F)F)o2)cn1)c1cc(F)c(Br)cc1NC=O.CN1CCCC1. The fourth-order valence-electron chi connectivity index (χ4n) is 3.32. The summed E-state index contributed by atoms with van der Waals surface area (Å²) in [6.45, 7) is 6.93. The van der Waals surface area contributed by atoms with Crippen LogP contribution in [0, 0.1) is 5.82 Å². The number of nitrogens with one attached hydrogen (secondary N) is 1. The Morgan fingerprint density at radius 3 is 2.42 bits per heavy atom. The Hall–Kier alpha value is -2.99. The largest absolute Gasteiger partial charge is 0.415 e. The number of aromatic nitrogens is 3. The van der Waals surface area contributed by atoms with E-state index >= 15 is 0 Å². The number of likely N-dealkylation sites (tertiary alicyclic amines) is 1. The predicted octanol–water partition coefficient (Wildman–Crippen LogP) is 5.91. The Balaban J connectivity index is 0.000000491. The predicted molar refractivity (Wildman–Crippen MR) is 136 cm³/mol. The number of halogens is 4. The molecule has 36 heavy (non-hydrogen) atoms. The molecule has 4 rings (SSSR count). The summed E-state index contributed by atoms with van der Waals surface area (Å²) in [6, 6.07) is 6.00. The molecule has 1 aliphatic rings. The van der Waals surface area contributed by atoms with Crippen molar-refractivity contribution in [3.63, 3.8) is 0 Å². The molecule has 3 heterocycles. The number of hydrogen-bond donors (Lipinski definition) is 1. The second kappa shape index (κ2) is 14.5. The molecule has 196 valence electrons. The summed E-state index contributed by atoms with van der Waals surface area (Å²) in [5.74, 6) is -1.30. The fourth-order valence-corrected chi connectivity index (χ4v) is 3.66. The first kappa shape index (κ1) is 29.2. The van der Waals surface area contributed by atoms with E-state index in [1.54, 1.807) is 24.1 Å². The van der Waals surface area contributed by atoms with Crippen molar-refractivity contribution >= 4 is 33.7 Å². The first-order chi connectivity index (χ1) is 17.3. The topological polar surface area (TPSA) is 87.4 Å². The molecule has 1 N–H and O–H groups in total. The number of pyridine rings is 1. The van der Waals surface area contributed by atoms with Gasteiger partial charge < -0.3 is 19.5 Å². The molecule has 0 unspecified atom stereocenters. The van der Waals surface area contributed by atoms with Crippen molar-refractivity contribution in [3.05, 3.63) is 52.3 Å². The van der Waals surface area contributed by atoms with Gasteiger partial charge in [0.2, 0.25) is 12.3 Å². The van der Waals surface area contributed by atoms with Gasteiger partial charge in [-0.15, -0.1) is 10.2 Å². The molecule has 1 saturated heterocycles. The van der Waals surface area contributed by atoms with Crippen LogP contribution in [-0.4, -0.2) is 53.7 Å². The minimum absolute atomic E-state index is 0.0600. The van der Waals surface area contributed by atoms with Crippen LogP contribution in [0.2, 0.25) is 0 Å². The quantitative estimate of drug-likeness (QED) is 0.353. The Morgan fingerprint density at radius 2 is 1.92 bits per heavy atom. The highest BCUT2D eigenvalue weighted by molar-refractivity contribution is 9.10. The maximum atomic E-state index is 13.9. The maximum absolute atomic E-state index is 13.9. The van der Waals surface area contributed by atoms with Crippen LogP contribution < -0.4 is 10.2 Å². The third-order valence-corrected chi connectivity index (χ3v) is 5.70. The van der Waals surface area contributed by atoms with E-state index < -0.39 is 18.1 Å². The van der Waals surface area contributed by atoms with Crippen LogP contribution in [0.4, 0.5) is 24.5 Å². The summed E-state index contributed by atoms with van der Waals surface area (Å²) in [5, 5.41) is 9.35. The van der Waals surface area contributed by atoms with Gasteiger partial charge in [-0.3, -0.25) is 9.78 Å². The van der Waals surface area contributed by atoms with Crippen LogP contribution in [0.15, 0.2) is 39.4 Å². The number of amides is 1. The Bertz CT molecular complexity index is 1090. The average molecular weight is 571 g/mol. The number of hydrogen-bond acceptors (Lipinski definition) is 7. The zero-order chi connectivity index (χ0) is 26.7. The second-order valence-corrected chi connectivity index (χ2v) is 8.55. The molecular weight excluding hydrogens is 541 g/mol. The Labute approximate surface area is 217 Å². The Morgan fingerprint density at radius 1 is 1.22 bits per heavy atom. The van der Waals surface area contributed by atoms with Gasteiger partial charge in [-0.05, 0) is 67.1 Å². The van der Waals surface area contributed by atoms with E-state index in [-0.39, 0.29) is 10.4 Å². The summed E-state index contributed by atoms with van der Waals surface area (Å²) in [6.07, 6.45) is 1.90. The smallest absolute Gasteiger partial charge is 0.314 e. The lowest BCUT2D eigenvalue weighted by atomic mass is 10.2. The van der Waals surface area contributed by atoms with Gasteiger partial charge in [-0.2, -0.15) is 8.78 Å². The molecule has 0 saturated carbocycles. The molecule has 0 atom stereocenters. The van der Waals surface area contributed by atoms with Gasteiger partial charge in [0.05, 0.1) is 33.6 Å². The average Bonchev–Trinajstić information content (AvgIpc) is 3.56. The summed E-state index contributed by atoms with van der Waals surface area (Å²) >= 11 is 3.08. The molecule has 3 aromatic rings. The number of benzene rings is 1. The summed E-state index contributed by atoms with van der Waals surface area (Å²) in [4.78, 5) is 19.1. The standard InChI is InChI=1S/C17H13BrF3N5O2.C5H11N.C2H6/c1-26(14-5-12(19)11(18)4-13(14)23-8-27)7-10-3-2-9(6-22-10)16-24-25-17(28-16)15(20)21;1-6-4-2-3-5-6;1-2/h2-6,8,15H,7H2,1H3,(H,23,27);2-5H2,1H3;1-2H3. The van der Waals surface area contributed by atoms with E-state index in [0.717, 1.165) is 0 Å². The van der Waals surface area contributed by atoms with Crippen molar-refractivity contribution in [3.8, 4) is 11.5 Å². The van der Waals surface area contributed by atoms with Crippen molar-refractivity contribution in [2.75, 3.05) is 37.4 Å². The normalized spacial score (nSPS) is 12.9. The van der Waals surface area contributed by atoms with E-state index in [1.165, 1.54) is 44.3 Å². The number of carbonyl (C=O) groups is 1. The van der Waals surface area contributed by atoms with Crippen LogP contribution in [-0.2, 0) is 11.3 Å². The number of anilines is 2. The molecule has 1 amide bonds. The highest BCUT2D eigenvalue weighted by Crippen LogP contribution is 2.31. The monoisotopic (exact) mass is 570 g/mol. The molecule has 0 aliphatic carbocycles. The molecule has 0 spiro atoms. The maximum Gasteiger partial charge on any atom is 0.314 e. The van der Waals surface area contributed by atoms with Crippen molar-refractivity contribution in [2.24, 2.45) is 0 Å². The van der Waals surface area contributed by atoms with Gasteiger partial charge in [0.25, 0.3) is 5.89 Å². The highest BCUT2D eigenvalue weighted by atomic mass is 79.9. The molecule has 1 fully saturated rings. The van der Waals surface area contributed by atoms with Crippen molar-refractivity contribution in [2.45, 2.75) is 39.7 Å². The fraction of sp³-hybridized carbons (Fsp3) is 0.417. The first-order valence-electron chi connectivity index (χ1n) is 11.4. The third kappa shape index (κ3) is 8.30. The zero-order valence-electron chi connectivity index (χ0n) is 20.6. The zero-order valence-corrected chi connectivity index (χ0v) is 22.2. The van der Waals surface area contributed by atoms with Crippen molar-refractivity contribution in [1.29, 1.82) is 0 Å². The van der Waals surface area contributed by atoms with Crippen LogP contribution in [0.5, 0.6) is 0 Å². The van der Waals surface area contributed by atoms with Crippen LogP contribution in [0.3, 0.4) is 0 Å². The minimum atomic E-state index is -2.84. The van der Waals surface area contributed by atoms with E-state index in [1.807, 2.05) is 13.8 Å². The Kier molecular flexibility index (Phi) is 11.8. The summed E-state index contributed by atoms with van der Waals surface area (Å²) in [7, 11) is 3.88. The van der Waals surface area contributed by atoms with Crippen LogP contribution in [0.25, 0.3) is 11.5 Å². The number of nitrogens with zero attached hydrogens (tertiary/aromatic N) is 5. The van der Waals surface area contributed by atoms with Gasteiger partial charge in [0.1, 0.15) is 5.82 Å². The lowest BCUT2D eigenvalue weighted by molar-refractivity contribution is -0.105. The van der Waals surface area contributed by atoms with Gasteiger partial charge in [-0.25, -0.2) is 4.39 Å². The van der Waals surface area contributed by atoms with E-state index in [9.17, 15) is 18.0 Å². The van der Waals surface area contributed by atoms with Gasteiger partial charge in [0.15, 0.2) is 0 Å². The van der Waals surface area contributed by atoms with Gasteiger partial charge in [0, 0.05) is 19.3 Å². The summed E-state index contributed by atoms with van der Waals surface area (Å²) < 4.78 is 44.1. The lowest BCUT2D eigenvalue weighted by Gasteiger charge is -2.22. The molecule has 0 bridgehead atoms. The molecule has 0 radical (unpaired) electrons. The van der Waals surface area contributed by atoms with Crippen LogP contribution in [0.1, 0.15) is 44.7 Å². The minimum Gasteiger partial charge on any atom is -0.415 e. The van der Waals surface area contributed by atoms with Crippen LogP contribution >= 0.6 is 15.9 Å². The second-order valence-electron chi connectivity index (χ2n) is 7.70. The van der Waals surface area contributed by atoms with E-state index in [4.69, 9.17) is 4.42 Å². The highest BCUT2D eigenvalue weighted by Gasteiger charge is 2.17. The molecule has 12 heteroatoms. The molecule has 8 nitrogen and oxygen atoms in total. The van der Waals surface area contributed by atoms with E-state index in [2.05, 4.69) is 48.4 Å². The van der Waals surface area contributed by atoms with E-state index in [0.29, 0.717) is 35.6 Å². The number of rotatable bonds is 7. The molecule has 1 aromatic carbocycles. The third-order valence-electron chi connectivity index (χ3n) is 5.09. The lowest BCUT2D eigenvalue weighted by Crippen LogP contribution is -2.19. The summed E-state index contributed by atoms with van der Waals surface area (Å²) in [5.41, 5.74) is 1.88. The number of alkyl halides is 2.